The van der Waals surface area contributed by atoms with Crippen molar-refractivity contribution >= 4 is 10.9 Å². The molecule has 2 heterocycles. The number of fused-ring (bicyclic) bond motifs is 1. The van der Waals surface area contributed by atoms with Crippen LogP contribution in [-0.2, 0) is 0 Å². The highest BCUT2D eigenvalue weighted by atomic mass is 16.5. The number of rotatable bonds is 4. The molecule has 126 valence electrons. The van der Waals surface area contributed by atoms with Crippen molar-refractivity contribution in [1.82, 2.24) is 14.9 Å². The number of aromatic nitrogens is 2. The third kappa shape index (κ3) is 3.19. The van der Waals surface area contributed by atoms with Gasteiger partial charge in [-0.15, -0.1) is 0 Å². The number of methoxy groups -OCH3 is 2. The molecule has 1 aliphatic rings. The maximum atomic E-state index is 9.20. The molecule has 2 aromatic rings. The Morgan fingerprint density at radius 2 is 1.79 bits per heavy atom. The van der Waals surface area contributed by atoms with Crippen LogP contribution in [0.2, 0.25) is 0 Å². The van der Waals surface area contributed by atoms with Gasteiger partial charge in [-0.3, -0.25) is 0 Å². The first-order valence-corrected chi connectivity index (χ1v) is 7.83. The van der Waals surface area contributed by atoms with Crippen LogP contribution >= 0.6 is 0 Å². The number of nitrogens with zero attached hydrogens (tertiary/aromatic N) is 4. The number of likely N-dealkylation sites (tertiary alicyclic amines) is 1. The van der Waals surface area contributed by atoms with Gasteiger partial charge < -0.3 is 19.1 Å². The van der Waals surface area contributed by atoms with E-state index in [1.54, 1.807) is 26.4 Å². The number of ether oxygens (including phenoxy) is 3. The lowest BCUT2D eigenvalue weighted by molar-refractivity contribution is 0.111. The van der Waals surface area contributed by atoms with E-state index in [0.717, 1.165) is 25.9 Å². The third-order valence-electron chi connectivity index (χ3n) is 4.21. The van der Waals surface area contributed by atoms with Crippen molar-refractivity contribution < 1.29 is 14.2 Å². The lowest BCUT2D eigenvalue weighted by atomic mass is 10.1. The zero-order valence-corrected chi connectivity index (χ0v) is 14.1. The van der Waals surface area contributed by atoms with Crippen molar-refractivity contribution in [3.8, 4) is 23.4 Å². The minimum absolute atomic E-state index is 0.0812. The molecule has 0 bridgehead atoms. The summed E-state index contributed by atoms with van der Waals surface area (Å²) in [4.78, 5) is 10.8. The second kappa shape index (κ2) is 6.89. The second-order valence-corrected chi connectivity index (χ2v) is 5.81. The maximum Gasteiger partial charge on any atom is 0.236 e. The molecule has 0 amide bonds. The average Bonchev–Trinajstić information content (AvgIpc) is 2.62. The number of hydrogen-bond acceptors (Lipinski definition) is 7. The van der Waals surface area contributed by atoms with Gasteiger partial charge in [0.25, 0.3) is 0 Å². The van der Waals surface area contributed by atoms with Gasteiger partial charge in [-0.05, 0) is 26.0 Å². The molecule has 7 heteroatoms. The van der Waals surface area contributed by atoms with E-state index in [4.69, 9.17) is 14.2 Å². The van der Waals surface area contributed by atoms with Crippen LogP contribution in [0, 0.1) is 11.3 Å². The fourth-order valence-electron chi connectivity index (χ4n) is 2.83. The largest absolute Gasteiger partial charge is 0.493 e. The summed E-state index contributed by atoms with van der Waals surface area (Å²) in [6, 6.07) is 5.51. The summed E-state index contributed by atoms with van der Waals surface area (Å²) in [6.07, 6.45) is 1.94. The Morgan fingerprint density at radius 3 is 2.42 bits per heavy atom. The summed E-state index contributed by atoms with van der Waals surface area (Å²) >= 11 is 0. The van der Waals surface area contributed by atoms with Gasteiger partial charge >= 0.3 is 0 Å². The molecule has 0 atom stereocenters. The Morgan fingerprint density at radius 1 is 1.12 bits per heavy atom. The molecular weight excluding hydrogens is 308 g/mol. The third-order valence-corrected chi connectivity index (χ3v) is 4.21. The molecule has 24 heavy (non-hydrogen) atoms. The molecule has 1 aliphatic heterocycles. The maximum absolute atomic E-state index is 9.20. The van der Waals surface area contributed by atoms with Crippen LogP contribution in [0.1, 0.15) is 18.7 Å². The number of piperidine rings is 1. The van der Waals surface area contributed by atoms with E-state index >= 15 is 0 Å². The topological polar surface area (TPSA) is 80.5 Å². The predicted molar refractivity (Wildman–Crippen MR) is 88.5 cm³/mol. The standard InChI is InChI=1S/C17H20N4O3/c1-21-6-4-11(5-7-21)24-17-12-8-14(22-2)15(23-3)9-13(12)19-16(10-18)20-17/h8-9,11H,4-7H2,1-3H3. The van der Waals surface area contributed by atoms with Crippen molar-refractivity contribution in [3.05, 3.63) is 18.0 Å². The fraction of sp³-hybridized carbons (Fsp3) is 0.471. The van der Waals surface area contributed by atoms with E-state index in [1.165, 1.54) is 0 Å². The van der Waals surface area contributed by atoms with Crippen molar-refractivity contribution in [2.45, 2.75) is 18.9 Å². The highest BCUT2D eigenvalue weighted by Crippen LogP contribution is 2.35. The quantitative estimate of drug-likeness (QED) is 0.849. The van der Waals surface area contributed by atoms with E-state index in [0.29, 0.717) is 28.3 Å². The van der Waals surface area contributed by atoms with E-state index in [9.17, 15) is 5.26 Å². The molecule has 7 nitrogen and oxygen atoms in total. The van der Waals surface area contributed by atoms with Crippen LogP contribution < -0.4 is 14.2 Å². The number of benzene rings is 1. The molecule has 1 fully saturated rings. The minimum Gasteiger partial charge on any atom is -0.493 e. The smallest absolute Gasteiger partial charge is 0.236 e. The Hall–Kier alpha value is -2.59. The van der Waals surface area contributed by atoms with E-state index in [-0.39, 0.29) is 11.9 Å². The average molecular weight is 328 g/mol. The number of nitriles is 1. The molecule has 0 aliphatic carbocycles. The van der Waals surface area contributed by atoms with E-state index in [2.05, 4.69) is 21.9 Å². The Kier molecular flexibility index (Phi) is 4.67. The van der Waals surface area contributed by atoms with Gasteiger partial charge in [0.2, 0.25) is 11.7 Å². The van der Waals surface area contributed by atoms with Gasteiger partial charge in [0.15, 0.2) is 11.5 Å². The van der Waals surface area contributed by atoms with Crippen LogP contribution in [-0.4, -0.2) is 55.3 Å². The first-order chi connectivity index (χ1) is 11.6. The normalized spacial score (nSPS) is 15.9. The Balaban J connectivity index is 2.03. The minimum atomic E-state index is 0.0812. The van der Waals surface area contributed by atoms with Gasteiger partial charge in [0, 0.05) is 19.2 Å². The summed E-state index contributed by atoms with van der Waals surface area (Å²) in [5.41, 5.74) is 0.599. The first kappa shape index (κ1) is 16.3. The molecule has 0 unspecified atom stereocenters. The summed E-state index contributed by atoms with van der Waals surface area (Å²) in [7, 11) is 5.24. The monoisotopic (exact) mass is 328 g/mol. The van der Waals surface area contributed by atoms with Gasteiger partial charge in [-0.2, -0.15) is 10.2 Å². The molecule has 1 aromatic heterocycles. The van der Waals surface area contributed by atoms with Crippen LogP contribution in [0.15, 0.2) is 12.1 Å². The zero-order chi connectivity index (χ0) is 17.1. The molecule has 0 saturated carbocycles. The Bertz CT molecular complexity index is 779. The molecular formula is C17H20N4O3. The zero-order valence-electron chi connectivity index (χ0n) is 14.1. The van der Waals surface area contributed by atoms with Crippen molar-refractivity contribution in [2.75, 3.05) is 34.4 Å². The molecule has 3 rings (SSSR count). The van der Waals surface area contributed by atoms with Crippen molar-refractivity contribution in [2.24, 2.45) is 0 Å². The van der Waals surface area contributed by atoms with Crippen LogP contribution in [0.4, 0.5) is 0 Å². The molecule has 1 aromatic carbocycles. The molecule has 1 saturated heterocycles. The van der Waals surface area contributed by atoms with Gasteiger partial charge in [0.05, 0.1) is 25.1 Å². The lowest BCUT2D eigenvalue weighted by Gasteiger charge is -2.29. The molecule has 0 spiro atoms. The summed E-state index contributed by atoms with van der Waals surface area (Å²) < 4.78 is 16.8. The lowest BCUT2D eigenvalue weighted by Crippen LogP contribution is -2.35. The van der Waals surface area contributed by atoms with E-state index in [1.807, 2.05) is 6.07 Å². The number of hydrogen-bond donors (Lipinski definition) is 0. The van der Waals surface area contributed by atoms with E-state index < -0.39 is 0 Å². The van der Waals surface area contributed by atoms with Gasteiger partial charge in [-0.25, -0.2) is 4.98 Å². The second-order valence-electron chi connectivity index (χ2n) is 5.81. The highest BCUT2D eigenvalue weighted by Gasteiger charge is 2.21. The predicted octanol–water partition coefficient (Wildman–Crippen LogP) is 1.99. The van der Waals surface area contributed by atoms with Gasteiger partial charge in [-0.1, -0.05) is 0 Å². The summed E-state index contributed by atoms with van der Waals surface area (Å²) in [5.74, 6) is 1.63. The van der Waals surface area contributed by atoms with Gasteiger partial charge in [0.1, 0.15) is 12.2 Å². The Labute approximate surface area is 140 Å². The van der Waals surface area contributed by atoms with Crippen molar-refractivity contribution in [3.63, 3.8) is 0 Å². The first-order valence-electron chi connectivity index (χ1n) is 7.83. The van der Waals surface area contributed by atoms with Crippen LogP contribution in [0.5, 0.6) is 17.4 Å². The van der Waals surface area contributed by atoms with Crippen molar-refractivity contribution in [1.29, 1.82) is 5.26 Å². The molecule has 0 radical (unpaired) electrons. The van der Waals surface area contributed by atoms with Crippen LogP contribution in [0.3, 0.4) is 0 Å². The summed E-state index contributed by atoms with van der Waals surface area (Å²) in [5, 5.41) is 9.91. The fourth-order valence-corrected chi connectivity index (χ4v) is 2.83. The van der Waals surface area contributed by atoms with Crippen LogP contribution in [0.25, 0.3) is 10.9 Å². The summed E-state index contributed by atoms with van der Waals surface area (Å²) in [6.45, 7) is 1.96. The molecule has 0 N–H and O–H groups in total. The SMILES string of the molecule is COc1cc2nc(C#N)nc(OC3CCN(C)CC3)c2cc1OC. The highest BCUT2D eigenvalue weighted by molar-refractivity contribution is 5.87.